The fraction of sp³-hybridized carbons (Fsp3) is 0.308. The van der Waals surface area contributed by atoms with E-state index in [0.29, 0.717) is 5.13 Å². The van der Waals surface area contributed by atoms with Crippen molar-refractivity contribution in [1.29, 1.82) is 0 Å². The first-order valence-corrected chi connectivity index (χ1v) is 13.8. The van der Waals surface area contributed by atoms with Gasteiger partial charge in [-0.3, -0.25) is 14.7 Å². The molecule has 0 saturated carbocycles. The summed E-state index contributed by atoms with van der Waals surface area (Å²) in [5.41, 5.74) is 7.61. The standard InChI is InChI=1S/C26H26N6OS2/c1-17(33)28-26-29-22-9-8-21-23(19-3-2-10-27-15-19)30-32(24(21)25(22)35-26)20-6-4-18(5-7-20)16-31-11-13-34-14-12-31/h2-7,10,15H,8-9,11-14,16H2,1H3,(H,28,29,33). The van der Waals surface area contributed by atoms with Crippen LogP contribution >= 0.6 is 23.1 Å². The van der Waals surface area contributed by atoms with Crippen molar-refractivity contribution >= 4 is 34.1 Å². The van der Waals surface area contributed by atoms with Gasteiger partial charge in [-0.15, -0.1) is 0 Å². The van der Waals surface area contributed by atoms with Crippen LogP contribution in [0.4, 0.5) is 5.13 Å². The van der Waals surface area contributed by atoms with Crippen molar-refractivity contribution in [3.05, 3.63) is 65.6 Å². The molecule has 1 saturated heterocycles. The minimum Gasteiger partial charge on any atom is -0.302 e. The number of carbonyl (C=O) groups is 1. The number of nitrogens with zero attached hydrogens (tertiary/aromatic N) is 5. The second kappa shape index (κ2) is 9.56. The number of amides is 1. The molecular weight excluding hydrogens is 476 g/mol. The Bertz CT molecular complexity index is 1360. The van der Waals surface area contributed by atoms with Crippen LogP contribution in [0, 0.1) is 0 Å². The lowest BCUT2D eigenvalue weighted by Gasteiger charge is -2.26. The zero-order chi connectivity index (χ0) is 23.8. The summed E-state index contributed by atoms with van der Waals surface area (Å²) in [5, 5.41) is 8.60. The number of thiazole rings is 1. The lowest BCUT2D eigenvalue weighted by molar-refractivity contribution is -0.114. The Kier molecular flexibility index (Phi) is 6.13. The van der Waals surface area contributed by atoms with E-state index in [1.807, 2.05) is 28.7 Å². The van der Waals surface area contributed by atoms with Gasteiger partial charge in [0.1, 0.15) is 0 Å². The SMILES string of the molecule is CC(=O)Nc1nc2c(s1)-c1c(c(-c3cccnc3)nn1-c1ccc(CN3CCSCC3)cc1)CC2. The molecule has 6 rings (SSSR count). The molecule has 0 atom stereocenters. The van der Waals surface area contributed by atoms with Crippen molar-refractivity contribution in [1.82, 2.24) is 24.6 Å². The molecule has 3 aromatic heterocycles. The smallest absolute Gasteiger partial charge is 0.223 e. The Balaban J connectivity index is 1.41. The highest BCUT2D eigenvalue weighted by Gasteiger charge is 2.30. The van der Waals surface area contributed by atoms with E-state index in [2.05, 4.69) is 45.5 Å². The Labute approximate surface area is 212 Å². The van der Waals surface area contributed by atoms with E-state index in [-0.39, 0.29) is 5.91 Å². The van der Waals surface area contributed by atoms with E-state index in [1.54, 1.807) is 6.20 Å². The first kappa shape index (κ1) is 22.5. The normalized spacial score (nSPS) is 15.5. The summed E-state index contributed by atoms with van der Waals surface area (Å²) in [5.74, 6) is 2.32. The number of pyridine rings is 1. The number of aryl methyl sites for hydroxylation is 1. The second-order valence-corrected chi connectivity index (χ2v) is 11.1. The molecule has 35 heavy (non-hydrogen) atoms. The van der Waals surface area contributed by atoms with Gasteiger partial charge in [-0.2, -0.15) is 16.9 Å². The largest absolute Gasteiger partial charge is 0.302 e. The van der Waals surface area contributed by atoms with Crippen LogP contribution in [-0.2, 0) is 24.2 Å². The molecule has 0 bridgehead atoms. The van der Waals surface area contributed by atoms with Gasteiger partial charge in [0.05, 0.1) is 27.6 Å². The van der Waals surface area contributed by atoms with Gasteiger partial charge >= 0.3 is 0 Å². The number of rotatable bonds is 5. The maximum absolute atomic E-state index is 11.7. The molecule has 1 aliphatic heterocycles. The molecule has 0 unspecified atom stereocenters. The Morgan fingerprint density at radius 1 is 1.11 bits per heavy atom. The molecule has 4 heterocycles. The van der Waals surface area contributed by atoms with Crippen molar-refractivity contribution < 1.29 is 4.79 Å². The van der Waals surface area contributed by atoms with Gasteiger partial charge in [-0.05, 0) is 42.7 Å². The number of carbonyl (C=O) groups excluding carboxylic acids is 1. The number of fused-ring (bicyclic) bond motifs is 3. The predicted octanol–water partition coefficient (Wildman–Crippen LogP) is 4.66. The first-order chi connectivity index (χ1) is 17.2. The van der Waals surface area contributed by atoms with Gasteiger partial charge in [0.2, 0.25) is 5.91 Å². The van der Waals surface area contributed by atoms with E-state index in [9.17, 15) is 4.79 Å². The Morgan fingerprint density at radius 3 is 2.69 bits per heavy atom. The average Bonchev–Trinajstić information content (AvgIpc) is 3.46. The van der Waals surface area contributed by atoms with E-state index >= 15 is 0 Å². The third-order valence-electron chi connectivity index (χ3n) is 6.42. The van der Waals surface area contributed by atoms with Crippen molar-refractivity contribution in [2.24, 2.45) is 0 Å². The molecular formula is C26H26N6OS2. The average molecular weight is 503 g/mol. The highest BCUT2D eigenvalue weighted by Crippen LogP contribution is 2.44. The van der Waals surface area contributed by atoms with Crippen LogP contribution in [0.15, 0.2) is 48.8 Å². The molecule has 1 aromatic carbocycles. The fourth-order valence-electron chi connectivity index (χ4n) is 4.76. The van der Waals surface area contributed by atoms with E-state index in [1.165, 1.54) is 40.9 Å². The van der Waals surface area contributed by atoms with Gasteiger partial charge in [-0.1, -0.05) is 23.5 Å². The number of aromatic nitrogens is 4. The van der Waals surface area contributed by atoms with Gasteiger partial charge in [0.25, 0.3) is 0 Å². The van der Waals surface area contributed by atoms with Crippen LogP contribution in [0.1, 0.15) is 23.7 Å². The van der Waals surface area contributed by atoms with Crippen LogP contribution in [0.5, 0.6) is 0 Å². The van der Waals surface area contributed by atoms with E-state index in [0.717, 1.165) is 65.7 Å². The van der Waals surface area contributed by atoms with Crippen molar-refractivity contribution in [2.45, 2.75) is 26.3 Å². The van der Waals surface area contributed by atoms with E-state index in [4.69, 9.17) is 10.1 Å². The summed E-state index contributed by atoms with van der Waals surface area (Å²) >= 11 is 3.56. The molecule has 1 aliphatic carbocycles. The Hall–Kier alpha value is -3.01. The zero-order valence-corrected chi connectivity index (χ0v) is 21.2. The van der Waals surface area contributed by atoms with E-state index < -0.39 is 0 Å². The molecule has 1 N–H and O–H groups in total. The van der Waals surface area contributed by atoms with Crippen LogP contribution in [-0.4, -0.2) is 55.2 Å². The summed E-state index contributed by atoms with van der Waals surface area (Å²) in [7, 11) is 0. The second-order valence-electron chi connectivity index (χ2n) is 8.86. The third-order valence-corrected chi connectivity index (χ3v) is 8.38. The summed E-state index contributed by atoms with van der Waals surface area (Å²) in [6.45, 7) is 4.80. The molecule has 1 fully saturated rings. The molecule has 9 heteroatoms. The highest BCUT2D eigenvalue weighted by atomic mass is 32.2. The molecule has 0 spiro atoms. The van der Waals surface area contributed by atoms with Crippen molar-refractivity contribution in [3.8, 4) is 27.5 Å². The number of thioether (sulfide) groups is 1. The van der Waals surface area contributed by atoms with Crippen molar-refractivity contribution in [2.75, 3.05) is 29.9 Å². The minimum absolute atomic E-state index is 0.108. The van der Waals surface area contributed by atoms with Crippen LogP contribution in [0.3, 0.4) is 0 Å². The van der Waals surface area contributed by atoms with Crippen LogP contribution in [0.2, 0.25) is 0 Å². The maximum Gasteiger partial charge on any atom is 0.223 e. The lowest BCUT2D eigenvalue weighted by Crippen LogP contribution is -2.31. The van der Waals surface area contributed by atoms with Crippen LogP contribution in [0.25, 0.3) is 27.5 Å². The fourth-order valence-corrected chi connectivity index (χ4v) is 6.85. The molecule has 2 aliphatic rings. The van der Waals surface area contributed by atoms with Crippen molar-refractivity contribution in [3.63, 3.8) is 0 Å². The summed E-state index contributed by atoms with van der Waals surface area (Å²) in [6, 6.07) is 12.8. The molecule has 0 radical (unpaired) electrons. The number of hydrogen-bond acceptors (Lipinski definition) is 7. The summed E-state index contributed by atoms with van der Waals surface area (Å²) < 4.78 is 2.05. The topological polar surface area (TPSA) is 75.9 Å². The lowest BCUT2D eigenvalue weighted by atomic mass is 9.95. The minimum atomic E-state index is -0.108. The third kappa shape index (κ3) is 4.51. The molecule has 4 aromatic rings. The monoisotopic (exact) mass is 502 g/mol. The summed E-state index contributed by atoms with van der Waals surface area (Å²) in [4.78, 5) is 24.3. The van der Waals surface area contributed by atoms with Crippen LogP contribution < -0.4 is 5.32 Å². The maximum atomic E-state index is 11.7. The number of hydrogen-bond donors (Lipinski definition) is 1. The predicted molar refractivity (Wildman–Crippen MR) is 142 cm³/mol. The van der Waals surface area contributed by atoms with Gasteiger partial charge in [0, 0.05) is 61.6 Å². The first-order valence-electron chi connectivity index (χ1n) is 11.8. The zero-order valence-electron chi connectivity index (χ0n) is 19.5. The summed E-state index contributed by atoms with van der Waals surface area (Å²) in [6.07, 6.45) is 5.33. The van der Waals surface area contributed by atoms with Gasteiger partial charge in [-0.25, -0.2) is 9.67 Å². The van der Waals surface area contributed by atoms with Gasteiger partial charge in [0.15, 0.2) is 5.13 Å². The number of benzene rings is 1. The quantitative estimate of drug-likeness (QED) is 0.428. The molecule has 7 nitrogen and oxygen atoms in total. The number of anilines is 1. The molecule has 178 valence electrons. The highest BCUT2D eigenvalue weighted by molar-refractivity contribution is 7.99. The van der Waals surface area contributed by atoms with Gasteiger partial charge < -0.3 is 5.32 Å². The number of nitrogens with one attached hydrogen (secondary N) is 1. The molecule has 1 amide bonds. The Morgan fingerprint density at radius 2 is 1.94 bits per heavy atom.